The molecule has 0 radical (unpaired) electrons. The Labute approximate surface area is 168 Å². The highest BCUT2D eigenvalue weighted by Crippen LogP contribution is 2.21. The normalized spacial score (nSPS) is 17.7. The summed E-state index contributed by atoms with van der Waals surface area (Å²) in [4.78, 5) is 28.3. The van der Waals surface area contributed by atoms with Crippen LogP contribution in [-0.4, -0.2) is 80.7 Å². The van der Waals surface area contributed by atoms with Crippen LogP contribution in [0, 0.1) is 0 Å². The Morgan fingerprint density at radius 3 is 2.57 bits per heavy atom. The van der Waals surface area contributed by atoms with E-state index < -0.39 is 5.60 Å². The van der Waals surface area contributed by atoms with E-state index in [4.69, 9.17) is 9.47 Å². The molecule has 0 aliphatic carbocycles. The quantitative estimate of drug-likeness (QED) is 0.687. The Morgan fingerprint density at radius 2 is 1.93 bits per heavy atom. The number of amides is 2. The Bertz CT molecular complexity index is 650. The van der Waals surface area contributed by atoms with Crippen LogP contribution < -0.4 is 10.1 Å². The van der Waals surface area contributed by atoms with Gasteiger partial charge >= 0.3 is 0 Å². The fraction of sp³-hybridized carbons (Fsp3) is 0.619. The number of nitrogens with one attached hydrogen (secondary N) is 1. The Hall–Kier alpha value is -2.12. The van der Waals surface area contributed by atoms with E-state index >= 15 is 0 Å². The first-order valence-electron chi connectivity index (χ1n) is 9.92. The van der Waals surface area contributed by atoms with Crippen LogP contribution in [0.15, 0.2) is 24.3 Å². The maximum Gasteiger partial charge on any atom is 0.252 e. The lowest BCUT2D eigenvalue weighted by atomic mass is 9.95. The van der Waals surface area contributed by atoms with E-state index in [0.29, 0.717) is 32.6 Å². The summed E-state index contributed by atoms with van der Waals surface area (Å²) in [6, 6.07) is 7.68. The molecule has 1 heterocycles. The lowest BCUT2D eigenvalue weighted by molar-refractivity contribution is -0.143. The summed E-state index contributed by atoms with van der Waals surface area (Å²) < 4.78 is 11.5. The first kappa shape index (κ1) is 22.2. The van der Waals surface area contributed by atoms with E-state index in [-0.39, 0.29) is 11.8 Å². The average molecular weight is 392 g/mol. The number of hydrogen-bond acceptors (Lipinski definition) is 5. The minimum Gasteiger partial charge on any atom is -0.492 e. The number of carbonyl (C=O) groups is 2. The molecule has 7 nitrogen and oxygen atoms in total. The molecule has 1 aromatic rings. The number of likely N-dealkylation sites (N-methyl/N-ethyl adjacent to an activating group) is 2. The summed E-state index contributed by atoms with van der Waals surface area (Å²) in [5.41, 5.74) is 0.101. The van der Waals surface area contributed by atoms with Crippen LogP contribution in [0.5, 0.6) is 5.75 Å². The van der Waals surface area contributed by atoms with Gasteiger partial charge in [0.1, 0.15) is 18.0 Å². The fourth-order valence-corrected chi connectivity index (χ4v) is 3.36. The van der Waals surface area contributed by atoms with Crippen molar-refractivity contribution in [2.45, 2.75) is 32.3 Å². The molecule has 0 spiro atoms. The SMILES string of the molecule is CCOC(C)(Cc1ccc(OCCN2CCN(C)CCC2=O)cc1)C(=O)NC. The standard InChI is InChI=1S/C21H33N3O4/c1-5-28-21(2,20(26)22-3)16-17-6-8-18(9-7-17)27-15-14-24-13-12-23(4)11-10-19(24)25/h6-9H,5,10-16H2,1-4H3,(H,22,26). The van der Waals surface area contributed by atoms with Crippen LogP contribution >= 0.6 is 0 Å². The fourth-order valence-electron chi connectivity index (χ4n) is 3.36. The minimum atomic E-state index is -0.897. The van der Waals surface area contributed by atoms with Crippen LogP contribution in [0.3, 0.4) is 0 Å². The maximum absolute atomic E-state index is 12.2. The number of ether oxygens (including phenoxy) is 2. The van der Waals surface area contributed by atoms with Gasteiger partial charge in [0.05, 0.1) is 6.54 Å². The summed E-state index contributed by atoms with van der Waals surface area (Å²) in [6.07, 6.45) is 1.05. The Morgan fingerprint density at radius 1 is 1.21 bits per heavy atom. The highest BCUT2D eigenvalue weighted by atomic mass is 16.5. The monoisotopic (exact) mass is 391 g/mol. The van der Waals surface area contributed by atoms with E-state index in [1.165, 1.54) is 0 Å². The van der Waals surface area contributed by atoms with Crippen LogP contribution in [0.25, 0.3) is 0 Å². The molecule has 1 aliphatic heterocycles. The third-order valence-electron chi connectivity index (χ3n) is 5.08. The molecule has 156 valence electrons. The number of nitrogens with zero attached hydrogens (tertiary/aromatic N) is 2. The topological polar surface area (TPSA) is 71.1 Å². The third kappa shape index (κ3) is 6.21. The van der Waals surface area contributed by atoms with E-state index in [2.05, 4.69) is 10.2 Å². The van der Waals surface area contributed by atoms with Crippen molar-refractivity contribution in [3.63, 3.8) is 0 Å². The van der Waals surface area contributed by atoms with Gasteiger partial charge in [-0.3, -0.25) is 9.59 Å². The van der Waals surface area contributed by atoms with Crippen molar-refractivity contribution in [1.82, 2.24) is 15.1 Å². The number of rotatable bonds is 9. The average Bonchev–Trinajstić information content (AvgIpc) is 2.84. The van der Waals surface area contributed by atoms with Gasteiger partial charge in [-0.05, 0) is 38.6 Å². The molecular weight excluding hydrogens is 358 g/mol. The molecular formula is C21H33N3O4. The van der Waals surface area contributed by atoms with Crippen molar-refractivity contribution >= 4 is 11.8 Å². The van der Waals surface area contributed by atoms with E-state index in [1.54, 1.807) is 14.0 Å². The van der Waals surface area contributed by atoms with Crippen molar-refractivity contribution in [3.05, 3.63) is 29.8 Å². The Kier molecular flexibility index (Phi) is 8.26. The third-order valence-corrected chi connectivity index (χ3v) is 5.08. The molecule has 7 heteroatoms. The zero-order valence-corrected chi connectivity index (χ0v) is 17.5. The predicted octanol–water partition coefficient (Wildman–Crippen LogP) is 1.31. The van der Waals surface area contributed by atoms with E-state index in [0.717, 1.165) is 30.9 Å². The molecule has 1 unspecified atom stereocenters. The van der Waals surface area contributed by atoms with Crippen molar-refractivity contribution in [1.29, 1.82) is 0 Å². The van der Waals surface area contributed by atoms with Crippen LogP contribution in [0.4, 0.5) is 0 Å². The summed E-state index contributed by atoms with van der Waals surface area (Å²) in [6.45, 7) is 7.65. The highest BCUT2D eigenvalue weighted by molar-refractivity contribution is 5.84. The molecule has 0 bridgehead atoms. The van der Waals surface area contributed by atoms with Gasteiger partial charge in [0.25, 0.3) is 5.91 Å². The second kappa shape index (κ2) is 10.4. The first-order valence-corrected chi connectivity index (χ1v) is 9.92. The summed E-state index contributed by atoms with van der Waals surface area (Å²) in [5, 5.41) is 2.67. The second-order valence-corrected chi connectivity index (χ2v) is 7.35. The van der Waals surface area contributed by atoms with Crippen molar-refractivity contribution < 1.29 is 19.1 Å². The lowest BCUT2D eigenvalue weighted by Gasteiger charge is -2.27. The molecule has 1 aliphatic rings. The highest BCUT2D eigenvalue weighted by Gasteiger charge is 2.33. The van der Waals surface area contributed by atoms with Gasteiger partial charge in [0.2, 0.25) is 5.91 Å². The lowest BCUT2D eigenvalue weighted by Crippen LogP contribution is -2.47. The second-order valence-electron chi connectivity index (χ2n) is 7.35. The van der Waals surface area contributed by atoms with Gasteiger partial charge in [-0.25, -0.2) is 0 Å². The first-order chi connectivity index (χ1) is 13.4. The smallest absolute Gasteiger partial charge is 0.252 e. The molecule has 2 rings (SSSR count). The van der Waals surface area contributed by atoms with Crippen molar-refractivity contribution in [3.8, 4) is 5.75 Å². The molecule has 0 saturated carbocycles. The van der Waals surface area contributed by atoms with Gasteiger partial charge in [-0.2, -0.15) is 0 Å². The van der Waals surface area contributed by atoms with Gasteiger partial charge in [0, 0.05) is 46.1 Å². The van der Waals surface area contributed by atoms with Crippen LogP contribution in [0.2, 0.25) is 0 Å². The van der Waals surface area contributed by atoms with Crippen molar-refractivity contribution in [2.75, 3.05) is 53.5 Å². The van der Waals surface area contributed by atoms with Gasteiger partial charge in [-0.1, -0.05) is 12.1 Å². The summed E-state index contributed by atoms with van der Waals surface area (Å²) >= 11 is 0. The van der Waals surface area contributed by atoms with E-state index in [9.17, 15) is 9.59 Å². The van der Waals surface area contributed by atoms with Gasteiger partial charge < -0.3 is 24.6 Å². The molecule has 1 atom stereocenters. The summed E-state index contributed by atoms with van der Waals surface area (Å²) in [7, 11) is 3.65. The van der Waals surface area contributed by atoms with Gasteiger partial charge in [0.15, 0.2) is 0 Å². The summed E-state index contributed by atoms with van der Waals surface area (Å²) in [5.74, 6) is 0.802. The number of benzene rings is 1. The molecule has 28 heavy (non-hydrogen) atoms. The minimum absolute atomic E-state index is 0.137. The predicted molar refractivity (Wildman–Crippen MR) is 108 cm³/mol. The molecule has 1 saturated heterocycles. The number of hydrogen-bond donors (Lipinski definition) is 1. The Balaban J connectivity index is 1.86. The van der Waals surface area contributed by atoms with Crippen molar-refractivity contribution in [2.24, 2.45) is 0 Å². The molecule has 2 amide bonds. The largest absolute Gasteiger partial charge is 0.492 e. The van der Waals surface area contributed by atoms with Crippen LogP contribution in [0.1, 0.15) is 25.8 Å². The zero-order chi connectivity index (χ0) is 20.6. The number of carbonyl (C=O) groups excluding carboxylic acids is 2. The van der Waals surface area contributed by atoms with Crippen LogP contribution in [-0.2, 0) is 20.7 Å². The molecule has 1 N–H and O–H groups in total. The van der Waals surface area contributed by atoms with E-state index in [1.807, 2.05) is 43.1 Å². The molecule has 1 aromatic carbocycles. The molecule has 0 aromatic heterocycles. The van der Waals surface area contributed by atoms with Gasteiger partial charge in [-0.15, -0.1) is 0 Å². The maximum atomic E-state index is 12.2. The zero-order valence-electron chi connectivity index (χ0n) is 17.5. The molecule has 1 fully saturated rings.